The third-order valence-electron chi connectivity index (χ3n) is 5.19. The molecule has 1 aromatic rings. The first-order valence-electron chi connectivity index (χ1n) is 9.37. The molecule has 1 fully saturated rings. The van der Waals surface area contributed by atoms with E-state index in [1.165, 1.54) is 18.2 Å². The number of nitrogens with zero attached hydrogens (tertiary/aromatic N) is 1. The SMILES string of the molecule is CCC(CC)C(CNC(=O)c1cc(S(C)(=O)=O)ccc1Cl)N1CCOCC1. The number of halogens is 1. The predicted octanol–water partition coefficient (Wildman–Crippen LogP) is 2.61. The van der Waals surface area contributed by atoms with Gasteiger partial charge in [-0.25, -0.2) is 8.42 Å². The number of hydrogen-bond donors (Lipinski definition) is 1. The molecule has 152 valence electrons. The molecule has 2 rings (SSSR count). The van der Waals surface area contributed by atoms with Crippen LogP contribution in [0.15, 0.2) is 23.1 Å². The summed E-state index contributed by atoms with van der Waals surface area (Å²) in [6.45, 7) is 7.92. The molecule has 0 bridgehead atoms. The van der Waals surface area contributed by atoms with Gasteiger partial charge in [-0.3, -0.25) is 9.69 Å². The number of morpholine rings is 1. The minimum absolute atomic E-state index is 0.0850. The van der Waals surface area contributed by atoms with Crippen LogP contribution in [-0.4, -0.2) is 64.4 Å². The Morgan fingerprint density at radius 3 is 2.44 bits per heavy atom. The second kappa shape index (κ2) is 9.87. The average Bonchev–Trinajstić information content (AvgIpc) is 2.65. The van der Waals surface area contributed by atoms with Crippen molar-refractivity contribution in [2.45, 2.75) is 37.6 Å². The molecule has 1 amide bonds. The van der Waals surface area contributed by atoms with Crippen molar-refractivity contribution in [3.8, 4) is 0 Å². The minimum Gasteiger partial charge on any atom is -0.379 e. The van der Waals surface area contributed by atoms with Gasteiger partial charge in [0.2, 0.25) is 0 Å². The summed E-state index contributed by atoms with van der Waals surface area (Å²) in [4.78, 5) is 15.2. The Morgan fingerprint density at radius 1 is 1.26 bits per heavy atom. The van der Waals surface area contributed by atoms with E-state index in [0.29, 0.717) is 25.7 Å². The zero-order chi connectivity index (χ0) is 20.0. The Bertz CT molecular complexity index is 744. The lowest BCUT2D eigenvalue weighted by Crippen LogP contribution is -2.52. The highest BCUT2D eigenvalue weighted by atomic mass is 35.5. The maximum atomic E-state index is 12.7. The number of amides is 1. The average molecular weight is 417 g/mol. The van der Waals surface area contributed by atoms with Crippen molar-refractivity contribution in [1.82, 2.24) is 10.2 Å². The molecule has 1 aromatic carbocycles. The molecule has 1 aliphatic heterocycles. The molecular formula is C19H29ClN2O4S. The lowest BCUT2D eigenvalue weighted by atomic mass is 9.92. The second-order valence-corrected chi connectivity index (χ2v) is 9.34. The van der Waals surface area contributed by atoms with E-state index in [1.807, 2.05) is 0 Å². The number of nitrogens with one attached hydrogen (secondary N) is 1. The Hall–Kier alpha value is -1.15. The first-order chi connectivity index (χ1) is 12.8. The van der Waals surface area contributed by atoms with E-state index in [1.54, 1.807) is 0 Å². The number of benzene rings is 1. The molecule has 0 spiro atoms. The highest BCUT2D eigenvalue weighted by molar-refractivity contribution is 7.90. The van der Waals surface area contributed by atoms with Crippen LogP contribution in [0.1, 0.15) is 37.0 Å². The summed E-state index contributed by atoms with van der Waals surface area (Å²) in [5.41, 5.74) is 0.185. The van der Waals surface area contributed by atoms with E-state index in [-0.39, 0.29) is 27.4 Å². The molecular weight excluding hydrogens is 388 g/mol. The van der Waals surface area contributed by atoms with Crippen LogP contribution in [-0.2, 0) is 14.6 Å². The third kappa shape index (κ3) is 5.91. The maximum Gasteiger partial charge on any atom is 0.252 e. The van der Waals surface area contributed by atoms with Crippen molar-refractivity contribution in [3.05, 3.63) is 28.8 Å². The van der Waals surface area contributed by atoms with Gasteiger partial charge in [0.05, 0.1) is 28.7 Å². The summed E-state index contributed by atoms with van der Waals surface area (Å²) < 4.78 is 29.0. The Labute approximate surface area is 167 Å². The van der Waals surface area contributed by atoms with Gasteiger partial charge in [-0.15, -0.1) is 0 Å². The van der Waals surface area contributed by atoms with Gasteiger partial charge in [-0.1, -0.05) is 38.3 Å². The predicted molar refractivity (Wildman–Crippen MR) is 107 cm³/mol. The van der Waals surface area contributed by atoms with Crippen molar-refractivity contribution in [2.75, 3.05) is 39.1 Å². The molecule has 0 aliphatic carbocycles. The fraction of sp³-hybridized carbons (Fsp3) is 0.632. The summed E-state index contributed by atoms with van der Waals surface area (Å²) in [6, 6.07) is 4.42. The Morgan fingerprint density at radius 2 is 1.89 bits per heavy atom. The Balaban J connectivity index is 2.15. The number of hydrogen-bond acceptors (Lipinski definition) is 5. The maximum absolute atomic E-state index is 12.7. The standard InChI is InChI=1S/C19H29ClN2O4S/c1-4-14(5-2)18(22-8-10-26-11-9-22)13-21-19(23)16-12-15(27(3,24)25)6-7-17(16)20/h6-7,12,14,18H,4-5,8-11,13H2,1-3H3,(H,21,23). The number of carbonyl (C=O) groups excluding carboxylic acids is 1. The van der Waals surface area contributed by atoms with Crippen LogP contribution in [0.2, 0.25) is 5.02 Å². The van der Waals surface area contributed by atoms with Gasteiger partial charge in [-0.2, -0.15) is 0 Å². The van der Waals surface area contributed by atoms with Gasteiger partial charge in [0.15, 0.2) is 9.84 Å². The molecule has 0 aromatic heterocycles. The highest BCUT2D eigenvalue weighted by Gasteiger charge is 2.27. The van der Waals surface area contributed by atoms with Gasteiger partial charge < -0.3 is 10.1 Å². The second-order valence-electron chi connectivity index (χ2n) is 6.92. The van der Waals surface area contributed by atoms with Crippen molar-refractivity contribution in [1.29, 1.82) is 0 Å². The van der Waals surface area contributed by atoms with Crippen LogP contribution >= 0.6 is 11.6 Å². The molecule has 0 radical (unpaired) electrons. The van der Waals surface area contributed by atoms with E-state index in [9.17, 15) is 13.2 Å². The van der Waals surface area contributed by atoms with E-state index >= 15 is 0 Å². The summed E-state index contributed by atoms with van der Waals surface area (Å²) in [6.07, 6.45) is 3.16. The van der Waals surface area contributed by atoms with Gasteiger partial charge >= 0.3 is 0 Å². The minimum atomic E-state index is -3.41. The zero-order valence-corrected chi connectivity index (χ0v) is 17.8. The molecule has 8 heteroatoms. The molecule has 1 N–H and O–H groups in total. The lowest BCUT2D eigenvalue weighted by Gasteiger charge is -2.38. The fourth-order valence-electron chi connectivity index (χ4n) is 3.54. The monoisotopic (exact) mass is 416 g/mol. The largest absolute Gasteiger partial charge is 0.379 e. The van der Waals surface area contributed by atoms with Gasteiger partial charge in [0.1, 0.15) is 0 Å². The summed E-state index contributed by atoms with van der Waals surface area (Å²) in [5.74, 6) is 0.107. The van der Waals surface area contributed by atoms with Gasteiger partial charge in [0, 0.05) is 31.9 Å². The smallest absolute Gasteiger partial charge is 0.252 e. The first kappa shape index (κ1) is 22.1. The lowest BCUT2D eigenvalue weighted by molar-refractivity contribution is 0.00191. The van der Waals surface area contributed by atoms with E-state index < -0.39 is 9.84 Å². The number of sulfone groups is 1. The molecule has 1 atom stereocenters. The number of ether oxygens (including phenoxy) is 1. The van der Waals surface area contributed by atoms with Gasteiger partial charge in [-0.05, 0) is 24.1 Å². The van der Waals surface area contributed by atoms with Crippen LogP contribution in [0.4, 0.5) is 0 Å². The molecule has 0 saturated carbocycles. The number of rotatable bonds is 8. The molecule has 1 heterocycles. The van der Waals surface area contributed by atoms with Crippen LogP contribution in [0, 0.1) is 5.92 Å². The van der Waals surface area contributed by atoms with Crippen LogP contribution in [0.5, 0.6) is 0 Å². The van der Waals surface area contributed by atoms with Crippen LogP contribution in [0.3, 0.4) is 0 Å². The van der Waals surface area contributed by atoms with E-state index in [2.05, 4.69) is 24.1 Å². The zero-order valence-electron chi connectivity index (χ0n) is 16.2. The first-order valence-corrected chi connectivity index (χ1v) is 11.6. The Kier molecular flexibility index (Phi) is 8.09. The molecule has 1 aliphatic rings. The molecule has 1 unspecified atom stereocenters. The molecule has 27 heavy (non-hydrogen) atoms. The van der Waals surface area contributed by atoms with E-state index in [0.717, 1.165) is 32.2 Å². The summed E-state index contributed by atoms with van der Waals surface area (Å²) in [7, 11) is -3.41. The number of carbonyl (C=O) groups is 1. The van der Waals surface area contributed by atoms with E-state index in [4.69, 9.17) is 16.3 Å². The van der Waals surface area contributed by atoms with Crippen molar-refractivity contribution in [3.63, 3.8) is 0 Å². The van der Waals surface area contributed by atoms with Crippen LogP contribution in [0.25, 0.3) is 0 Å². The normalized spacial score (nSPS) is 17.1. The van der Waals surface area contributed by atoms with Crippen molar-refractivity contribution in [2.24, 2.45) is 5.92 Å². The topological polar surface area (TPSA) is 75.7 Å². The molecule has 6 nitrogen and oxygen atoms in total. The van der Waals surface area contributed by atoms with Crippen molar-refractivity contribution < 1.29 is 17.9 Å². The summed E-state index contributed by atoms with van der Waals surface area (Å²) >= 11 is 6.14. The molecule has 1 saturated heterocycles. The van der Waals surface area contributed by atoms with Crippen molar-refractivity contribution >= 4 is 27.3 Å². The quantitative estimate of drug-likeness (QED) is 0.704. The highest BCUT2D eigenvalue weighted by Crippen LogP contribution is 2.22. The van der Waals surface area contributed by atoms with Crippen LogP contribution < -0.4 is 5.32 Å². The third-order valence-corrected chi connectivity index (χ3v) is 6.63. The van der Waals surface area contributed by atoms with Gasteiger partial charge in [0.25, 0.3) is 5.91 Å². The summed E-state index contributed by atoms with van der Waals surface area (Å²) in [5, 5.41) is 3.21. The fourth-order valence-corrected chi connectivity index (χ4v) is 4.39.